The molecule has 5 aromatic rings. The van der Waals surface area contributed by atoms with E-state index >= 15 is 0 Å². The van der Waals surface area contributed by atoms with Crippen LogP contribution in [0.3, 0.4) is 0 Å². The molecule has 0 radical (unpaired) electrons. The Hall–Kier alpha value is -4.89. The maximum Gasteiger partial charge on any atom is 0.335 e. The van der Waals surface area contributed by atoms with Gasteiger partial charge in [-0.1, -0.05) is 97.6 Å². The Labute approximate surface area is 210 Å². The molecule has 0 atom stereocenters. The van der Waals surface area contributed by atoms with Crippen LogP contribution in [0.15, 0.2) is 122 Å². The zero-order chi connectivity index (χ0) is 24.7. The van der Waals surface area contributed by atoms with Crippen LogP contribution in [0, 0.1) is 0 Å². The molecule has 174 valence electrons. The Morgan fingerprint density at radius 1 is 0.667 bits per heavy atom. The molecule has 3 heteroatoms. The second-order valence-electron chi connectivity index (χ2n) is 8.30. The minimum absolute atomic E-state index is 0.465. The summed E-state index contributed by atoms with van der Waals surface area (Å²) in [6.07, 6.45) is 13.6. The van der Waals surface area contributed by atoms with E-state index < -0.39 is 5.97 Å². The zero-order valence-electron chi connectivity index (χ0n) is 19.7. The Morgan fingerprint density at radius 3 is 2.14 bits per heavy atom. The van der Waals surface area contributed by atoms with E-state index in [0.29, 0.717) is 5.75 Å². The van der Waals surface area contributed by atoms with Crippen LogP contribution < -0.4 is 4.74 Å². The number of fused-ring (bicyclic) bond motifs is 3. The monoisotopic (exact) mass is 467 g/mol. The van der Waals surface area contributed by atoms with Gasteiger partial charge >= 0.3 is 5.97 Å². The van der Waals surface area contributed by atoms with Gasteiger partial charge in [-0.05, 0) is 53.1 Å². The Morgan fingerprint density at radius 2 is 1.33 bits per heavy atom. The molecule has 0 amide bonds. The summed E-state index contributed by atoms with van der Waals surface area (Å²) in [5, 5.41) is 2.42. The molecule has 3 nitrogen and oxygen atoms in total. The number of nitrogens with zero attached hydrogens (tertiary/aromatic N) is 1. The molecule has 36 heavy (non-hydrogen) atoms. The van der Waals surface area contributed by atoms with Crippen molar-refractivity contribution in [3.63, 3.8) is 0 Å². The molecule has 0 saturated carbocycles. The highest BCUT2D eigenvalue weighted by atomic mass is 16.5. The van der Waals surface area contributed by atoms with Crippen molar-refractivity contribution in [2.75, 3.05) is 0 Å². The van der Waals surface area contributed by atoms with E-state index in [1.807, 2.05) is 36.4 Å². The molecule has 0 fully saturated rings. The molecule has 0 saturated heterocycles. The van der Waals surface area contributed by atoms with Gasteiger partial charge in [0.05, 0.1) is 11.0 Å². The molecule has 0 aliphatic carbocycles. The van der Waals surface area contributed by atoms with Gasteiger partial charge in [0.2, 0.25) is 0 Å². The van der Waals surface area contributed by atoms with Crippen LogP contribution in [-0.2, 0) is 4.79 Å². The first kappa shape index (κ1) is 22.9. The fourth-order valence-corrected chi connectivity index (χ4v) is 4.15. The number of benzene rings is 4. The molecule has 0 aliphatic rings. The number of para-hydroxylation sites is 1. The van der Waals surface area contributed by atoms with Gasteiger partial charge in [-0.15, -0.1) is 0 Å². The van der Waals surface area contributed by atoms with Crippen molar-refractivity contribution in [2.45, 2.75) is 0 Å². The minimum atomic E-state index is -0.465. The van der Waals surface area contributed by atoms with Gasteiger partial charge in [0.15, 0.2) is 0 Å². The van der Waals surface area contributed by atoms with Gasteiger partial charge in [0.1, 0.15) is 5.75 Å². The molecule has 0 aliphatic heterocycles. The average Bonchev–Trinajstić information content (AvgIpc) is 3.24. The lowest BCUT2D eigenvalue weighted by atomic mass is 10.1. The van der Waals surface area contributed by atoms with E-state index in [9.17, 15) is 4.79 Å². The van der Waals surface area contributed by atoms with Crippen LogP contribution in [0.2, 0.25) is 0 Å². The molecule has 5 rings (SSSR count). The number of ether oxygens (including phenoxy) is 1. The number of carbonyl (C=O) groups is 1. The SMILES string of the molecule is C=CC(=O)Oc1ccc(C=Cc2ccc3c(c2)c2ccccc2n3/C=C/C=C/c2ccccc2)cc1. The largest absolute Gasteiger partial charge is 0.423 e. The third-order valence-electron chi connectivity index (χ3n) is 5.90. The third-order valence-corrected chi connectivity index (χ3v) is 5.90. The Bertz CT molecular complexity index is 1620. The van der Waals surface area contributed by atoms with E-state index in [1.54, 1.807) is 12.1 Å². The van der Waals surface area contributed by atoms with Crippen molar-refractivity contribution in [1.29, 1.82) is 0 Å². The maximum absolute atomic E-state index is 11.3. The highest BCUT2D eigenvalue weighted by Crippen LogP contribution is 2.30. The fourth-order valence-electron chi connectivity index (χ4n) is 4.15. The smallest absolute Gasteiger partial charge is 0.335 e. The Balaban J connectivity index is 1.42. The van der Waals surface area contributed by atoms with Crippen molar-refractivity contribution in [3.05, 3.63) is 139 Å². The standard InChI is InChI=1S/C33H25NO2/c1-2-33(35)36-28-20-17-26(18-21-28)15-16-27-19-22-32-30(24-27)29-13-6-7-14-31(29)34(32)23-9-8-12-25-10-4-3-5-11-25/h2-24H,1H2/b12-8+,16-15?,23-9+. The second kappa shape index (κ2) is 10.6. The van der Waals surface area contributed by atoms with Crippen molar-refractivity contribution < 1.29 is 9.53 Å². The summed E-state index contributed by atoms with van der Waals surface area (Å²) in [7, 11) is 0. The highest BCUT2D eigenvalue weighted by molar-refractivity contribution is 6.10. The molecule has 0 N–H and O–H groups in total. The number of aromatic nitrogens is 1. The van der Waals surface area contributed by atoms with Crippen LogP contribution in [-0.4, -0.2) is 10.5 Å². The molecular formula is C33H25NO2. The molecule has 1 heterocycles. The van der Waals surface area contributed by atoms with E-state index in [1.165, 1.54) is 21.9 Å². The number of carbonyl (C=O) groups excluding carboxylic acids is 1. The summed E-state index contributed by atoms with van der Waals surface area (Å²) in [6, 6.07) is 32.6. The first-order valence-electron chi connectivity index (χ1n) is 11.8. The van der Waals surface area contributed by atoms with Crippen LogP contribution in [0.5, 0.6) is 5.75 Å². The fraction of sp³-hybridized carbons (Fsp3) is 0. The maximum atomic E-state index is 11.3. The summed E-state index contributed by atoms with van der Waals surface area (Å²) in [6.45, 7) is 3.42. The molecule has 0 unspecified atom stereocenters. The van der Waals surface area contributed by atoms with Crippen molar-refractivity contribution in [2.24, 2.45) is 0 Å². The number of hydrogen-bond donors (Lipinski definition) is 0. The average molecular weight is 468 g/mol. The predicted octanol–water partition coefficient (Wildman–Crippen LogP) is 8.24. The van der Waals surface area contributed by atoms with Crippen LogP contribution in [0.4, 0.5) is 0 Å². The van der Waals surface area contributed by atoms with Gasteiger partial charge in [0, 0.05) is 23.0 Å². The summed E-state index contributed by atoms with van der Waals surface area (Å²) in [5.41, 5.74) is 5.63. The van der Waals surface area contributed by atoms with Gasteiger partial charge in [-0.2, -0.15) is 0 Å². The van der Waals surface area contributed by atoms with E-state index in [4.69, 9.17) is 4.74 Å². The first-order chi connectivity index (χ1) is 17.7. The molecular weight excluding hydrogens is 442 g/mol. The molecule has 4 aromatic carbocycles. The van der Waals surface area contributed by atoms with Crippen LogP contribution >= 0.6 is 0 Å². The lowest BCUT2D eigenvalue weighted by Gasteiger charge is -2.02. The highest BCUT2D eigenvalue weighted by Gasteiger charge is 2.08. The molecule has 0 spiro atoms. The summed E-state index contributed by atoms with van der Waals surface area (Å²) < 4.78 is 7.37. The van der Waals surface area contributed by atoms with Gasteiger partial charge < -0.3 is 9.30 Å². The van der Waals surface area contributed by atoms with Crippen LogP contribution in [0.1, 0.15) is 16.7 Å². The minimum Gasteiger partial charge on any atom is -0.423 e. The van der Waals surface area contributed by atoms with E-state index in [2.05, 4.69) is 96.2 Å². The molecule has 0 bridgehead atoms. The lowest BCUT2D eigenvalue weighted by molar-refractivity contribution is -0.128. The quantitative estimate of drug-likeness (QED) is 0.0793. The molecule has 1 aromatic heterocycles. The lowest BCUT2D eigenvalue weighted by Crippen LogP contribution is -2.02. The number of allylic oxidation sites excluding steroid dienone is 2. The summed E-state index contributed by atoms with van der Waals surface area (Å²) >= 11 is 0. The predicted molar refractivity (Wildman–Crippen MR) is 151 cm³/mol. The summed E-state index contributed by atoms with van der Waals surface area (Å²) in [4.78, 5) is 11.3. The van der Waals surface area contributed by atoms with E-state index in [-0.39, 0.29) is 0 Å². The van der Waals surface area contributed by atoms with Crippen molar-refractivity contribution in [1.82, 2.24) is 4.57 Å². The van der Waals surface area contributed by atoms with Gasteiger partial charge in [0.25, 0.3) is 0 Å². The number of hydrogen-bond acceptors (Lipinski definition) is 2. The summed E-state index contributed by atoms with van der Waals surface area (Å²) in [5.74, 6) is 0.0331. The number of esters is 1. The van der Waals surface area contributed by atoms with E-state index in [0.717, 1.165) is 22.7 Å². The third kappa shape index (κ3) is 5.11. The number of rotatable bonds is 7. The van der Waals surface area contributed by atoms with Crippen molar-refractivity contribution >= 4 is 52.2 Å². The van der Waals surface area contributed by atoms with Gasteiger partial charge in [-0.25, -0.2) is 4.79 Å². The van der Waals surface area contributed by atoms with Crippen molar-refractivity contribution in [3.8, 4) is 5.75 Å². The zero-order valence-corrected chi connectivity index (χ0v) is 19.7. The first-order valence-corrected chi connectivity index (χ1v) is 11.8. The van der Waals surface area contributed by atoms with Crippen LogP contribution in [0.25, 0.3) is 46.2 Å². The van der Waals surface area contributed by atoms with Gasteiger partial charge in [-0.3, -0.25) is 0 Å². The Kier molecular flexibility index (Phi) is 6.72. The normalized spacial score (nSPS) is 11.8. The second-order valence-corrected chi connectivity index (χ2v) is 8.30. The topological polar surface area (TPSA) is 31.2 Å².